The normalized spacial score (nSPS) is 32.3. The van der Waals surface area contributed by atoms with Gasteiger partial charge in [-0.25, -0.2) is 0 Å². The molecule has 2 aliphatic rings. The molecule has 180 valence electrons. The van der Waals surface area contributed by atoms with Gasteiger partial charge in [-0.1, -0.05) is 67.0 Å². The molecular formula is C26H40O6. The summed E-state index contributed by atoms with van der Waals surface area (Å²) in [5, 5.41) is 38.8. The number of hydrogen-bond acceptors (Lipinski definition) is 6. The van der Waals surface area contributed by atoms with Crippen LogP contribution in [-0.4, -0.2) is 64.3 Å². The third kappa shape index (κ3) is 7.24. The zero-order valence-electron chi connectivity index (χ0n) is 20.0. The lowest BCUT2D eigenvalue weighted by molar-refractivity contribution is -0.298. The van der Waals surface area contributed by atoms with Crippen molar-refractivity contribution in [1.82, 2.24) is 0 Å². The minimum atomic E-state index is -1.43. The minimum Gasteiger partial charge on any atom is -0.394 e. The van der Waals surface area contributed by atoms with Crippen molar-refractivity contribution < 1.29 is 29.9 Å². The molecule has 0 aromatic heterocycles. The molecule has 2 rings (SSSR count). The van der Waals surface area contributed by atoms with Crippen molar-refractivity contribution in [3.8, 4) is 0 Å². The standard InChI is InChI=1S/C26H40O6/c1-17(11-12-20-19(3)10-7-14-26(20,4)5)8-6-9-18(2)13-15-31-25-24(30)23(29)22(28)21(16-27)32-25/h6,8-9,11-13,21-25,27-30H,7,10,14-16H2,1-5H3/b9-6+,12-11+,17-8+,18-13+/t21-,22-,23+,24-,25-/m1/s1. The van der Waals surface area contributed by atoms with Gasteiger partial charge < -0.3 is 29.9 Å². The molecule has 1 fully saturated rings. The fourth-order valence-electron chi connectivity index (χ4n) is 4.18. The maximum Gasteiger partial charge on any atom is 0.187 e. The molecule has 32 heavy (non-hydrogen) atoms. The van der Waals surface area contributed by atoms with Crippen LogP contribution >= 0.6 is 0 Å². The predicted molar refractivity (Wildman–Crippen MR) is 126 cm³/mol. The van der Waals surface area contributed by atoms with E-state index in [0.717, 1.165) is 11.1 Å². The van der Waals surface area contributed by atoms with Crippen molar-refractivity contribution in [2.24, 2.45) is 5.41 Å². The summed E-state index contributed by atoms with van der Waals surface area (Å²) < 4.78 is 10.8. The first-order chi connectivity index (χ1) is 15.1. The number of aliphatic hydroxyl groups is 4. The molecular weight excluding hydrogens is 408 g/mol. The Bertz CT molecular complexity index is 771. The maximum atomic E-state index is 9.99. The van der Waals surface area contributed by atoms with E-state index in [0.29, 0.717) is 0 Å². The van der Waals surface area contributed by atoms with Gasteiger partial charge in [0.05, 0.1) is 13.2 Å². The molecule has 4 N–H and O–H groups in total. The topological polar surface area (TPSA) is 99.4 Å². The van der Waals surface area contributed by atoms with Crippen LogP contribution in [0.25, 0.3) is 0 Å². The fraction of sp³-hybridized carbons (Fsp3) is 0.615. The Morgan fingerprint density at radius 1 is 1.09 bits per heavy atom. The molecule has 0 aromatic rings. The molecule has 1 aliphatic heterocycles. The van der Waals surface area contributed by atoms with Gasteiger partial charge in [-0.15, -0.1) is 0 Å². The molecule has 0 bridgehead atoms. The van der Waals surface area contributed by atoms with E-state index in [1.54, 1.807) is 0 Å². The van der Waals surface area contributed by atoms with Crippen molar-refractivity contribution in [1.29, 1.82) is 0 Å². The lowest BCUT2D eigenvalue weighted by Gasteiger charge is -2.39. The highest BCUT2D eigenvalue weighted by Crippen LogP contribution is 2.40. The van der Waals surface area contributed by atoms with Gasteiger partial charge in [-0.2, -0.15) is 0 Å². The predicted octanol–water partition coefficient (Wildman–Crippen LogP) is 3.33. The largest absolute Gasteiger partial charge is 0.394 e. The molecule has 0 saturated carbocycles. The third-order valence-corrected chi connectivity index (χ3v) is 6.29. The molecule has 0 amide bonds. The Morgan fingerprint density at radius 3 is 2.47 bits per heavy atom. The zero-order valence-corrected chi connectivity index (χ0v) is 20.0. The molecule has 1 heterocycles. The van der Waals surface area contributed by atoms with Crippen LogP contribution in [0.5, 0.6) is 0 Å². The van der Waals surface area contributed by atoms with Crippen LogP contribution in [0.1, 0.15) is 53.9 Å². The molecule has 5 atom stereocenters. The second kappa shape index (κ2) is 12.1. The van der Waals surface area contributed by atoms with Crippen molar-refractivity contribution in [2.75, 3.05) is 13.2 Å². The van der Waals surface area contributed by atoms with Crippen LogP contribution < -0.4 is 0 Å². The smallest absolute Gasteiger partial charge is 0.187 e. The summed E-state index contributed by atoms with van der Waals surface area (Å²) in [6, 6.07) is 0. The quantitative estimate of drug-likeness (QED) is 0.425. The van der Waals surface area contributed by atoms with E-state index >= 15 is 0 Å². The Morgan fingerprint density at radius 2 is 1.81 bits per heavy atom. The summed E-state index contributed by atoms with van der Waals surface area (Å²) in [6.45, 7) is 10.6. The van der Waals surface area contributed by atoms with Crippen LogP contribution in [0.4, 0.5) is 0 Å². The Hall–Kier alpha value is -1.54. The number of aliphatic hydroxyl groups excluding tert-OH is 4. The first-order valence-corrected chi connectivity index (χ1v) is 11.4. The van der Waals surface area contributed by atoms with Crippen LogP contribution in [0, 0.1) is 5.41 Å². The monoisotopic (exact) mass is 448 g/mol. The molecule has 1 saturated heterocycles. The molecule has 0 unspecified atom stereocenters. The van der Waals surface area contributed by atoms with Crippen molar-refractivity contribution >= 4 is 0 Å². The van der Waals surface area contributed by atoms with Crippen LogP contribution in [0.3, 0.4) is 0 Å². The van der Waals surface area contributed by atoms with Gasteiger partial charge in [0.25, 0.3) is 0 Å². The van der Waals surface area contributed by atoms with Gasteiger partial charge in [0.2, 0.25) is 0 Å². The summed E-state index contributed by atoms with van der Waals surface area (Å²) in [6.07, 6.45) is 9.62. The SMILES string of the molecule is CC1=C(/C=C/C(C)=C/C=C/C(C)=C/CO[C@@H]2O[C@H](CO)[C@@H](O)[C@H](O)[C@H]2O)C(C)(C)CCC1. The van der Waals surface area contributed by atoms with Gasteiger partial charge in [-0.05, 0) is 51.0 Å². The Labute approximate surface area is 192 Å². The molecule has 0 aromatic carbocycles. The first kappa shape index (κ1) is 26.7. The molecule has 1 aliphatic carbocycles. The van der Waals surface area contributed by atoms with Crippen LogP contribution in [0.2, 0.25) is 0 Å². The number of hydrogen-bond donors (Lipinski definition) is 4. The first-order valence-electron chi connectivity index (χ1n) is 11.4. The van der Waals surface area contributed by atoms with E-state index in [4.69, 9.17) is 9.47 Å². The Kier molecular flexibility index (Phi) is 10.1. The summed E-state index contributed by atoms with van der Waals surface area (Å²) in [4.78, 5) is 0. The van der Waals surface area contributed by atoms with E-state index in [2.05, 4.69) is 45.9 Å². The van der Waals surface area contributed by atoms with Gasteiger partial charge in [0.1, 0.15) is 24.4 Å². The van der Waals surface area contributed by atoms with Gasteiger partial charge in [0, 0.05) is 0 Å². The van der Waals surface area contributed by atoms with E-state index in [-0.39, 0.29) is 12.0 Å². The summed E-state index contributed by atoms with van der Waals surface area (Å²) >= 11 is 0. The average Bonchev–Trinajstić information content (AvgIpc) is 2.73. The van der Waals surface area contributed by atoms with Crippen molar-refractivity contribution in [3.05, 3.63) is 58.7 Å². The average molecular weight is 449 g/mol. The zero-order chi connectivity index (χ0) is 23.9. The second-order valence-electron chi connectivity index (χ2n) is 9.51. The lowest BCUT2D eigenvalue weighted by atomic mass is 9.72. The highest BCUT2D eigenvalue weighted by Gasteiger charge is 2.43. The van der Waals surface area contributed by atoms with E-state index < -0.39 is 37.3 Å². The van der Waals surface area contributed by atoms with Crippen molar-refractivity contribution in [2.45, 2.75) is 84.6 Å². The van der Waals surface area contributed by atoms with Gasteiger partial charge in [0.15, 0.2) is 6.29 Å². The number of rotatable bonds is 8. The number of allylic oxidation sites excluding steroid dienone is 9. The summed E-state index contributed by atoms with van der Waals surface area (Å²) in [5.41, 5.74) is 5.29. The van der Waals surface area contributed by atoms with Crippen LogP contribution in [-0.2, 0) is 9.47 Å². The highest BCUT2D eigenvalue weighted by molar-refractivity contribution is 5.37. The molecule has 6 heteroatoms. The van der Waals surface area contributed by atoms with E-state index in [1.165, 1.54) is 30.4 Å². The highest BCUT2D eigenvalue weighted by atomic mass is 16.7. The maximum absolute atomic E-state index is 9.99. The molecule has 0 spiro atoms. The van der Waals surface area contributed by atoms with E-state index in [1.807, 2.05) is 25.2 Å². The second-order valence-corrected chi connectivity index (χ2v) is 9.51. The lowest BCUT2D eigenvalue weighted by Crippen LogP contribution is -2.59. The van der Waals surface area contributed by atoms with E-state index in [9.17, 15) is 20.4 Å². The van der Waals surface area contributed by atoms with Crippen molar-refractivity contribution in [3.63, 3.8) is 0 Å². The fourth-order valence-corrected chi connectivity index (χ4v) is 4.18. The van der Waals surface area contributed by atoms with Gasteiger partial charge >= 0.3 is 0 Å². The molecule has 0 radical (unpaired) electrons. The Balaban J connectivity index is 1.88. The van der Waals surface area contributed by atoms with Crippen LogP contribution in [0.15, 0.2) is 58.7 Å². The summed E-state index contributed by atoms with van der Waals surface area (Å²) in [7, 11) is 0. The minimum absolute atomic E-state index is 0.157. The molecule has 6 nitrogen and oxygen atoms in total. The van der Waals surface area contributed by atoms with Gasteiger partial charge in [-0.3, -0.25) is 0 Å². The number of ether oxygens (including phenoxy) is 2. The summed E-state index contributed by atoms with van der Waals surface area (Å²) in [5.74, 6) is 0. The third-order valence-electron chi connectivity index (χ3n) is 6.29.